The van der Waals surface area contributed by atoms with E-state index in [0.29, 0.717) is 10.7 Å². The van der Waals surface area contributed by atoms with Crippen molar-refractivity contribution in [2.75, 3.05) is 11.4 Å². The first-order valence-corrected chi connectivity index (χ1v) is 7.88. The van der Waals surface area contributed by atoms with Gasteiger partial charge in [0.15, 0.2) is 6.04 Å². The molecular formula is C17H17ClN3O2+. The van der Waals surface area contributed by atoms with Crippen molar-refractivity contribution >= 4 is 29.1 Å². The molecule has 2 amide bonds. The van der Waals surface area contributed by atoms with Crippen molar-refractivity contribution in [3.63, 3.8) is 0 Å². The Bertz CT molecular complexity index is 704. The van der Waals surface area contributed by atoms with Crippen molar-refractivity contribution < 1.29 is 14.9 Å². The minimum absolute atomic E-state index is 0.168. The SMILES string of the molecule is O=C1C[C@H]([NH2+]CCc2ccccn2)C(=O)N1c1ccc(Cl)cc1. The first-order chi connectivity index (χ1) is 11.1. The van der Waals surface area contributed by atoms with Gasteiger partial charge in [-0.25, -0.2) is 4.90 Å². The molecule has 0 radical (unpaired) electrons. The van der Waals surface area contributed by atoms with Gasteiger partial charge in [-0.2, -0.15) is 0 Å². The molecule has 1 aliphatic rings. The second-order valence-corrected chi connectivity index (χ2v) is 5.89. The van der Waals surface area contributed by atoms with E-state index in [4.69, 9.17) is 11.6 Å². The highest BCUT2D eigenvalue weighted by atomic mass is 35.5. The molecule has 1 aromatic heterocycles. The number of nitrogens with zero attached hydrogens (tertiary/aromatic N) is 2. The summed E-state index contributed by atoms with van der Waals surface area (Å²) in [6, 6.07) is 12.1. The van der Waals surface area contributed by atoms with E-state index in [9.17, 15) is 9.59 Å². The van der Waals surface area contributed by atoms with Crippen LogP contribution in [0.15, 0.2) is 48.7 Å². The molecule has 0 unspecified atom stereocenters. The molecule has 1 aromatic carbocycles. The molecule has 6 heteroatoms. The van der Waals surface area contributed by atoms with Crippen molar-refractivity contribution in [3.8, 4) is 0 Å². The molecule has 1 aliphatic heterocycles. The number of hydrogen-bond acceptors (Lipinski definition) is 3. The lowest BCUT2D eigenvalue weighted by Gasteiger charge is -2.14. The summed E-state index contributed by atoms with van der Waals surface area (Å²) < 4.78 is 0. The predicted molar refractivity (Wildman–Crippen MR) is 87.1 cm³/mol. The molecule has 1 atom stereocenters. The van der Waals surface area contributed by atoms with Crippen LogP contribution in [0.1, 0.15) is 12.1 Å². The molecule has 23 heavy (non-hydrogen) atoms. The van der Waals surface area contributed by atoms with Crippen LogP contribution in [0.4, 0.5) is 5.69 Å². The van der Waals surface area contributed by atoms with Gasteiger partial charge in [0.1, 0.15) is 0 Å². The quantitative estimate of drug-likeness (QED) is 0.837. The normalized spacial score (nSPS) is 17.8. The van der Waals surface area contributed by atoms with Crippen LogP contribution in [0.3, 0.4) is 0 Å². The van der Waals surface area contributed by atoms with E-state index in [-0.39, 0.29) is 24.3 Å². The Morgan fingerprint density at radius 1 is 1.17 bits per heavy atom. The van der Waals surface area contributed by atoms with Crippen LogP contribution in [0.2, 0.25) is 5.02 Å². The zero-order chi connectivity index (χ0) is 16.2. The number of benzene rings is 1. The van der Waals surface area contributed by atoms with Crippen LogP contribution in [-0.2, 0) is 16.0 Å². The number of pyridine rings is 1. The van der Waals surface area contributed by atoms with Crippen molar-refractivity contribution in [2.45, 2.75) is 18.9 Å². The maximum absolute atomic E-state index is 12.5. The van der Waals surface area contributed by atoms with Crippen LogP contribution in [-0.4, -0.2) is 29.4 Å². The van der Waals surface area contributed by atoms with Crippen LogP contribution in [0.25, 0.3) is 0 Å². The van der Waals surface area contributed by atoms with E-state index in [0.717, 1.165) is 18.7 Å². The summed E-state index contributed by atoms with van der Waals surface area (Å²) in [4.78, 5) is 30.1. The van der Waals surface area contributed by atoms with Gasteiger partial charge >= 0.3 is 0 Å². The number of amides is 2. The topological polar surface area (TPSA) is 66.9 Å². The number of carbonyl (C=O) groups is 2. The highest BCUT2D eigenvalue weighted by molar-refractivity contribution is 6.30. The number of nitrogens with two attached hydrogens (primary N) is 1. The molecule has 118 valence electrons. The van der Waals surface area contributed by atoms with Crippen LogP contribution in [0.5, 0.6) is 0 Å². The first-order valence-electron chi connectivity index (χ1n) is 7.51. The fourth-order valence-electron chi connectivity index (χ4n) is 2.68. The third-order valence-corrected chi connectivity index (χ3v) is 4.10. The smallest absolute Gasteiger partial charge is 0.292 e. The minimum Gasteiger partial charge on any atom is -0.335 e. The van der Waals surface area contributed by atoms with Crippen molar-refractivity contribution in [2.24, 2.45) is 0 Å². The van der Waals surface area contributed by atoms with Gasteiger partial charge < -0.3 is 5.32 Å². The molecule has 2 N–H and O–H groups in total. The summed E-state index contributed by atoms with van der Waals surface area (Å²) >= 11 is 5.85. The van der Waals surface area contributed by atoms with Gasteiger partial charge in [0.25, 0.3) is 5.91 Å². The van der Waals surface area contributed by atoms with Crippen LogP contribution in [0, 0.1) is 0 Å². The molecule has 3 rings (SSSR count). The fourth-order valence-corrected chi connectivity index (χ4v) is 2.81. The van der Waals surface area contributed by atoms with E-state index in [1.54, 1.807) is 30.5 Å². The van der Waals surface area contributed by atoms with Gasteiger partial charge in [0, 0.05) is 23.3 Å². The fraction of sp³-hybridized carbons (Fsp3) is 0.235. The summed E-state index contributed by atoms with van der Waals surface area (Å²) in [5.74, 6) is -0.338. The zero-order valence-corrected chi connectivity index (χ0v) is 13.2. The van der Waals surface area contributed by atoms with Gasteiger partial charge in [-0.3, -0.25) is 14.6 Å². The lowest BCUT2D eigenvalue weighted by molar-refractivity contribution is -0.674. The Labute approximate surface area is 139 Å². The number of anilines is 1. The van der Waals surface area contributed by atoms with Crippen LogP contribution >= 0.6 is 11.6 Å². The number of imide groups is 1. The van der Waals surface area contributed by atoms with E-state index >= 15 is 0 Å². The van der Waals surface area contributed by atoms with E-state index in [2.05, 4.69) is 4.98 Å². The second kappa shape index (κ2) is 6.89. The number of carbonyl (C=O) groups excluding carboxylic acids is 2. The van der Waals surface area contributed by atoms with E-state index < -0.39 is 0 Å². The third kappa shape index (κ3) is 3.57. The van der Waals surface area contributed by atoms with Gasteiger partial charge in [-0.15, -0.1) is 0 Å². The van der Waals surface area contributed by atoms with Gasteiger partial charge in [-0.05, 0) is 36.4 Å². The van der Waals surface area contributed by atoms with E-state index in [1.807, 2.05) is 23.5 Å². The number of hydrogen-bond donors (Lipinski definition) is 1. The number of rotatable bonds is 5. The average molecular weight is 331 g/mol. The Balaban J connectivity index is 1.61. The van der Waals surface area contributed by atoms with Crippen molar-refractivity contribution in [1.29, 1.82) is 0 Å². The molecule has 1 saturated heterocycles. The number of aromatic nitrogens is 1. The summed E-state index contributed by atoms with van der Waals surface area (Å²) in [5, 5.41) is 2.50. The van der Waals surface area contributed by atoms with Crippen molar-refractivity contribution in [1.82, 2.24) is 4.98 Å². The highest BCUT2D eigenvalue weighted by Crippen LogP contribution is 2.23. The van der Waals surface area contributed by atoms with Crippen LogP contribution < -0.4 is 10.2 Å². The Hall–Kier alpha value is -2.24. The number of quaternary nitrogens is 1. The third-order valence-electron chi connectivity index (χ3n) is 3.84. The molecule has 0 saturated carbocycles. The second-order valence-electron chi connectivity index (χ2n) is 5.45. The summed E-state index contributed by atoms with van der Waals surface area (Å²) in [6.45, 7) is 0.717. The Morgan fingerprint density at radius 3 is 2.65 bits per heavy atom. The molecule has 0 spiro atoms. The zero-order valence-electron chi connectivity index (χ0n) is 12.5. The molecular weight excluding hydrogens is 314 g/mol. The van der Waals surface area contributed by atoms with Crippen molar-refractivity contribution in [3.05, 3.63) is 59.4 Å². The monoisotopic (exact) mass is 330 g/mol. The lowest BCUT2D eigenvalue weighted by atomic mass is 10.2. The van der Waals surface area contributed by atoms with Gasteiger partial charge in [0.05, 0.1) is 18.7 Å². The molecule has 2 aromatic rings. The Morgan fingerprint density at radius 2 is 1.96 bits per heavy atom. The van der Waals surface area contributed by atoms with Gasteiger partial charge in [-0.1, -0.05) is 17.7 Å². The lowest BCUT2D eigenvalue weighted by Crippen LogP contribution is -2.92. The maximum atomic E-state index is 12.5. The average Bonchev–Trinajstić information content (AvgIpc) is 2.84. The highest BCUT2D eigenvalue weighted by Gasteiger charge is 2.41. The molecule has 1 fully saturated rings. The standard InChI is InChI=1S/C17H16ClN3O2/c18-12-4-6-14(7-5-12)21-16(22)11-15(17(21)23)20-10-8-13-3-1-2-9-19-13/h1-7,9,15,20H,8,10-11H2/p+1/t15-/m0/s1. The minimum atomic E-state index is -0.359. The molecule has 0 bridgehead atoms. The summed E-state index contributed by atoms with van der Waals surface area (Å²) in [6.07, 6.45) is 2.74. The molecule has 2 heterocycles. The summed E-state index contributed by atoms with van der Waals surface area (Å²) in [5.41, 5.74) is 1.56. The van der Waals surface area contributed by atoms with Gasteiger partial charge in [0.2, 0.25) is 5.91 Å². The molecule has 0 aliphatic carbocycles. The first kappa shape index (κ1) is 15.6. The largest absolute Gasteiger partial charge is 0.335 e. The van der Waals surface area contributed by atoms with E-state index in [1.165, 1.54) is 4.90 Å². The molecule has 5 nitrogen and oxygen atoms in total. The number of halogens is 1. The predicted octanol–water partition coefficient (Wildman–Crippen LogP) is 1.17. The summed E-state index contributed by atoms with van der Waals surface area (Å²) in [7, 11) is 0. The Kier molecular flexibility index (Phi) is 4.69. The maximum Gasteiger partial charge on any atom is 0.292 e.